The molecule has 2 nitrogen and oxygen atoms in total. The third-order valence-electron chi connectivity index (χ3n) is 1.64. The Balaban J connectivity index is 2.78. The molecule has 0 N–H and O–H groups in total. The van der Waals surface area contributed by atoms with Crippen LogP contribution in [0.15, 0.2) is 24.3 Å². The summed E-state index contributed by atoms with van der Waals surface area (Å²) in [4.78, 5) is 4.14. The SMILES string of the molecule is [O-][s+]1c(CCl)nc2ccccc21. The highest BCUT2D eigenvalue weighted by molar-refractivity contribution is 7.31. The third-order valence-corrected chi connectivity index (χ3v) is 3.46. The van der Waals surface area contributed by atoms with Crippen LogP contribution < -0.4 is 0 Å². The summed E-state index contributed by atoms with van der Waals surface area (Å²) in [5, 5.41) is 0.554. The van der Waals surface area contributed by atoms with Crippen molar-refractivity contribution in [2.75, 3.05) is 0 Å². The van der Waals surface area contributed by atoms with Crippen molar-refractivity contribution in [1.29, 1.82) is 0 Å². The number of thiazole rings is 1. The van der Waals surface area contributed by atoms with Crippen LogP contribution in [0.5, 0.6) is 0 Å². The number of halogens is 1. The minimum absolute atomic E-state index is 0.237. The van der Waals surface area contributed by atoms with Crippen LogP contribution >= 0.6 is 22.4 Å². The number of hydrogen-bond donors (Lipinski definition) is 0. The van der Waals surface area contributed by atoms with Crippen LogP contribution in [0.25, 0.3) is 10.2 Å². The predicted octanol–water partition coefficient (Wildman–Crippen LogP) is 2.70. The van der Waals surface area contributed by atoms with Crippen LogP contribution in [0.1, 0.15) is 5.01 Å². The summed E-state index contributed by atoms with van der Waals surface area (Å²) in [7, 11) is -1.12. The Hall–Kier alpha value is -0.640. The predicted molar refractivity (Wildman–Crippen MR) is 50.0 cm³/mol. The molecule has 1 unspecified atom stereocenters. The van der Waals surface area contributed by atoms with Gasteiger partial charge in [-0.1, -0.05) is 12.1 Å². The zero-order valence-electron chi connectivity index (χ0n) is 6.16. The van der Waals surface area contributed by atoms with Crippen molar-refractivity contribution >= 4 is 32.6 Å². The molecule has 0 aliphatic carbocycles. The number of aromatic nitrogens is 1. The molecule has 0 aliphatic heterocycles. The van der Waals surface area contributed by atoms with Crippen molar-refractivity contribution < 1.29 is 4.55 Å². The van der Waals surface area contributed by atoms with Gasteiger partial charge in [0.05, 0.1) is 0 Å². The average Bonchev–Trinajstić information content (AvgIpc) is 2.44. The van der Waals surface area contributed by atoms with Crippen LogP contribution in [0.3, 0.4) is 0 Å². The van der Waals surface area contributed by atoms with Gasteiger partial charge in [0.25, 0.3) is 5.01 Å². The van der Waals surface area contributed by atoms with E-state index in [2.05, 4.69) is 4.98 Å². The lowest BCUT2D eigenvalue weighted by atomic mass is 10.3. The van der Waals surface area contributed by atoms with Crippen molar-refractivity contribution in [3.05, 3.63) is 29.3 Å². The Morgan fingerprint density at radius 2 is 2.17 bits per heavy atom. The zero-order chi connectivity index (χ0) is 8.55. The van der Waals surface area contributed by atoms with Gasteiger partial charge in [0, 0.05) is 6.07 Å². The van der Waals surface area contributed by atoms with E-state index in [1.54, 1.807) is 0 Å². The molecule has 0 saturated carbocycles. The summed E-state index contributed by atoms with van der Waals surface area (Å²) in [6, 6.07) is 7.38. The molecule has 0 amide bonds. The number of benzene rings is 1. The Morgan fingerprint density at radius 1 is 1.42 bits per heavy atom. The van der Waals surface area contributed by atoms with Crippen LogP contribution in [0, 0.1) is 0 Å². The minimum atomic E-state index is -1.12. The second kappa shape index (κ2) is 3.01. The summed E-state index contributed by atoms with van der Waals surface area (Å²) in [6.45, 7) is 0. The van der Waals surface area contributed by atoms with Gasteiger partial charge < -0.3 is 4.55 Å². The second-order valence-corrected chi connectivity index (χ2v) is 4.09. The molecule has 0 spiro atoms. The van der Waals surface area contributed by atoms with E-state index >= 15 is 0 Å². The highest BCUT2D eigenvalue weighted by atomic mass is 35.5. The van der Waals surface area contributed by atoms with Crippen molar-refractivity contribution in [2.24, 2.45) is 0 Å². The van der Waals surface area contributed by atoms with Gasteiger partial charge in [-0.25, -0.2) is 0 Å². The quantitative estimate of drug-likeness (QED) is 0.523. The zero-order valence-corrected chi connectivity index (χ0v) is 7.73. The number of fused-ring (bicyclic) bond motifs is 1. The van der Waals surface area contributed by atoms with Crippen LogP contribution in [0.2, 0.25) is 0 Å². The fourth-order valence-corrected chi connectivity index (χ4v) is 2.49. The minimum Gasteiger partial charge on any atom is -0.589 e. The first-order valence-corrected chi connectivity index (χ1v) is 5.15. The molecular weight excluding hydrogens is 194 g/mol. The highest BCUT2D eigenvalue weighted by Crippen LogP contribution is 2.30. The normalized spacial score (nSPS) is 12.3. The molecule has 1 aromatic carbocycles. The molecule has 1 atom stereocenters. The molecule has 0 bridgehead atoms. The molecular formula is C8H6ClNOS. The Kier molecular flexibility index (Phi) is 2.00. The standard InChI is InChI=1S/C8H6ClNOS/c9-5-8-10-6-3-1-2-4-7(6)12(8)11/h1-4H,5H2. The number of rotatable bonds is 1. The third kappa shape index (κ3) is 1.10. The van der Waals surface area contributed by atoms with Crippen molar-refractivity contribution in [3.63, 3.8) is 0 Å². The summed E-state index contributed by atoms with van der Waals surface area (Å²) < 4.78 is 12.3. The van der Waals surface area contributed by atoms with Crippen molar-refractivity contribution in [2.45, 2.75) is 5.88 Å². The molecule has 2 rings (SSSR count). The smallest absolute Gasteiger partial charge is 0.257 e. The first-order chi connectivity index (χ1) is 5.83. The summed E-state index contributed by atoms with van der Waals surface area (Å²) in [5.41, 5.74) is 0.784. The van der Waals surface area contributed by atoms with Crippen LogP contribution in [0.4, 0.5) is 0 Å². The molecule has 0 fully saturated rings. The Morgan fingerprint density at radius 3 is 2.83 bits per heavy atom. The van der Waals surface area contributed by atoms with E-state index < -0.39 is 10.8 Å². The van der Waals surface area contributed by atoms with Gasteiger partial charge in [-0.3, -0.25) is 0 Å². The molecule has 0 saturated heterocycles. The van der Waals surface area contributed by atoms with E-state index in [0.717, 1.165) is 10.2 Å². The van der Waals surface area contributed by atoms with Crippen LogP contribution in [-0.4, -0.2) is 9.54 Å². The van der Waals surface area contributed by atoms with E-state index in [-0.39, 0.29) is 5.88 Å². The summed E-state index contributed by atoms with van der Waals surface area (Å²) in [6.07, 6.45) is 0. The molecule has 12 heavy (non-hydrogen) atoms. The van der Waals surface area contributed by atoms with E-state index in [1.165, 1.54) is 0 Å². The molecule has 1 aromatic heterocycles. The number of alkyl halides is 1. The topological polar surface area (TPSA) is 36.0 Å². The fraction of sp³-hybridized carbons (Fsp3) is 0.125. The molecule has 4 heteroatoms. The maximum absolute atomic E-state index is 11.5. The van der Waals surface area contributed by atoms with Crippen LogP contribution in [-0.2, 0) is 5.88 Å². The first kappa shape index (κ1) is 7.98. The summed E-state index contributed by atoms with van der Waals surface area (Å²) >= 11 is 5.57. The van der Waals surface area contributed by atoms with Gasteiger partial charge >= 0.3 is 0 Å². The second-order valence-electron chi connectivity index (χ2n) is 2.38. The lowest BCUT2D eigenvalue weighted by molar-refractivity contribution is 0.597. The molecule has 1 heterocycles. The van der Waals surface area contributed by atoms with Crippen molar-refractivity contribution in [1.82, 2.24) is 4.98 Å². The Bertz CT molecular complexity index is 412. The number of para-hydroxylation sites is 1. The van der Waals surface area contributed by atoms with Gasteiger partial charge in [0.1, 0.15) is 11.4 Å². The highest BCUT2D eigenvalue weighted by Gasteiger charge is 2.13. The van der Waals surface area contributed by atoms with Gasteiger partial charge in [-0.2, -0.15) is 4.98 Å². The maximum atomic E-state index is 11.5. The number of hydrogen-bond acceptors (Lipinski definition) is 2. The van der Waals surface area contributed by atoms with Gasteiger partial charge in [-0.05, 0) is 16.8 Å². The molecule has 2 aromatic rings. The first-order valence-electron chi connectivity index (χ1n) is 3.47. The van der Waals surface area contributed by atoms with Crippen molar-refractivity contribution in [3.8, 4) is 0 Å². The maximum Gasteiger partial charge on any atom is 0.257 e. The molecule has 0 radical (unpaired) electrons. The van der Waals surface area contributed by atoms with E-state index in [4.69, 9.17) is 11.6 Å². The largest absolute Gasteiger partial charge is 0.589 e. The monoisotopic (exact) mass is 199 g/mol. The van der Waals surface area contributed by atoms with Gasteiger partial charge in [0.15, 0.2) is 4.70 Å². The molecule has 0 aliphatic rings. The fourth-order valence-electron chi connectivity index (χ4n) is 1.09. The lowest BCUT2D eigenvalue weighted by Gasteiger charge is -1.88. The van der Waals surface area contributed by atoms with E-state index in [9.17, 15) is 4.55 Å². The van der Waals surface area contributed by atoms with E-state index in [1.807, 2.05) is 24.3 Å². The lowest BCUT2D eigenvalue weighted by Crippen LogP contribution is -1.73. The van der Waals surface area contributed by atoms with Gasteiger partial charge in [-0.15, -0.1) is 11.6 Å². The Labute approximate surface area is 77.6 Å². The number of nitrogens with zero attached hydrogens (tertiary/aromatic N) is 1. The molecule has 62 valence electrons. The average molecular weight is 200 g/mol. The van der Waals surface area contributed by atoms with E-state index in [0.29, 0.717) is 5.01 Å². The summed E-state index contributed by atoms with van der Waals surface area (Å²) in [5.74, 6) is 0.237. The van der Waals surface area contributed by atoms with Gasteiger partial charge in [0.2, 0.25) is 0 Å².